The van der Waals surface area contributed by atoms with E-state index in [4.69, 9.17) is 5.73 Å². The van der Waals surface area contributed by atoms with Gasteiger partial charge in [0.2, 0.25) is 0 Å². The molecule has 0 fully saturated rings. The van der Waals surface area contributed by atoms with E-state index in [1.807, 2.05) is 0 Å². The van der Waals surface area contributed by atoms with Gasteiger partial charge >= 0.3 is 0 Å². The van der Waals surface area contributed by atoms with E-state index in [1.165, 1.54) is 11.3 Å². The van der Waals surface area contributed by atoms with Gasteiger partial charge in [-0.3, -0.25) is 9.97 Å². The molecule has 2 rings (SSSR count). The minimum atomic E-state index is 0.693. The Balaban J connectivity index is 2.59. The summed E-state index contributed by atoms with van der Waals surface area (Å²) in [6.45, 7) is 0. The summed E-state index contributed by atoms with van der Waals surface area (Å²) >= 11 is 4.93. The summed E-state index contributed by atoms with van der Waals surface area (Å²) in [7, 11) is 0. The maximum absolute atomic E-state index is 5.72. The highest BCUT2D eigenvalue weighted by molar-refractivity contribution is 9.10. The molecule has 2 heterocycles. The van der Waals surface area contributed by atoms with Gasteiger partial charge in [-0.1, -0.05) is 0 Å². The number of aromatic nitrogens is 2. The molecular formula is C8H6BrN3S. The highest BCUT2D eigenvalue weighted by atomic mass is 79.9. The van der Waals surface area contributed by atoms with Crippen LogP contribution in [0.25, 0.3) is 10.6 Å². The molecule has 13 heavy (non-hydrogen) atoms. The number of hydrogen-bond acceptors (Lipinski definition) is 4. The lowest BCUT2D eigenvalue weighted by Crippen LogP contribution is -1.90. The summed E-state index contributed by atoms with van der Waals surface area (Å²) in [5.74, 6) is 0. The molecule has 0 atom stereocenters. The largest absolute Gasteiger partial charge is 0.398 e. The fraction of sp³-hybridized carbons (Fsp3) is 0. The van der Waals surface area contributed by atoms with Crippen molar-refractivity contribution in [2.24, 2.45) is 0 Å². The van der Waals surface area contributed by atoms with Gasteiger partial charge in [0.05, 0.1) is 20.6 Å². The smallest absolute Gasteiger partial charge is 0.0980 e. The summed E-state index contributed by atoms with van der Waals surface area (Å²) in [6.07, 6.45) is 3.46. The van der Waals surface area contributed by atoms with Crippen LogP contribution in [-0.2, 0) is 0 Å². The van der Waals surface area contributed by atoms with Gasteiger partial charge < -0.3 is 5.73 Å². The second-order valence-electron chi connectivity index (χ2n) is 2.43. The van der Waals surface area contributed by atoms with Crippen LogP contribution in [-0.4, -0.2) is 9.97 Å². The Morgan fingerprint density at radius 1 is 1.46 bits per heavy atom. The zero-order valence-electron chi connectivity index (χ0n) is 6.57. The van der Waals surface area contributed by atoms with Crippen molar-refractivity contribution >= 4 is 33.0 Å². The minimum Gasteiger partial charge on any atom is -0.398 e. The molecular weight excluding hydrogens is 250 g/mol. The van der Waals surface area contributed by atoms with E-state index in [-0.39, 0.29) is 0 Å². The molecule has 66 valence electrons. The van der Waals surface area contributed by atoms with Crippen molar-refractivity contribution < 1.29 is 0 Å². The lowest BCUT2D eigenvalue weighted by atomic mass is 10.3. The summed E-state index contributed by atoms with van der Waals surface area (Å²) in [5, 5.41) is 0. The first kappa shape index (κ1) is 8.65. The number of nitrogen functional groups attached to an aromatic ring is 1. The molecule has 2 N–H and O–H groups in total. The molecule has 0 aliphatic heterocycles. The fourth-order valence-electron chi connectivity index (χ4n) is 0.963. The van der Waals surface area contributed by atoms with Crippen LogP contribution < -0.4 is 5.73 Å². The number of rotatable bonds is 1. The van der Waals surface area contributed by atoms with Crippen LogP contribution in [0.3, 0.4) is 0 Å². The zero-order valence-corrected chi connectivity index (χ0v) is 8.97. The number of halogens is 1. The number of nitrogens with two attached hydrogens (primary N) is 1. The molecule has 0 spiro atoms. The molecule has 2 aromatic heterocycles. The molecule has 5 heteroatoms. The Morgan fingerprint density at radius 2 is 2.31 bits per heavy atom. The molecule has 0 saturated heterocycles. The van der Waals surface area contributed by atoms with Gasteiger partial charge in [-0.25, -0.2) is 0 Å². The van der Waals surface area contributed by atoms with Gasteiger partial charge in [-0.05, 0) is 22.0 Å². The Morgan fingerprint density at radius 3 is 3.00 bits per heavy atom. The lowest BCUT2D eigenvalue weighted by molar-refractivity contribution is 1.31. The predicted octanol–water partition coefficient (Wildman–Crippen LogP) is 2.55. The van der Waals surface area contributed by atoms with E-state index in [1.54, 1.807) is 24.0 Å². The van der Waals surface area contributed by atoms with Crippen molar-refractivity contribution in [2.45, 2.75) is 0 Å². The summed E-state index contributed by atoms with van der Waals surface area (Å²) in [4.78, 5) is 9.22. The molecule has 0 aliphatic carbocycles. The van der Waals surface area contributed by atoms with Crippen molar-refractivity contribution in [3.05, 3.63) is 28.4 Å². The van der Waals surface area contributed by atoms with Crippen molar-refractivity contribution in [1.82, 2.24) is 9.97 Å². The van der Waals surface area contributed by atoms with E-state index in [0.717, 1.165) is 15.0 Å². The first-order valence-electron chi connectivity index (χ1n) is 3.58. The molecule has 0 aromatic carbocycles. The number of hydrogen-bond donors (Lipinski definition) is 1. The zero-order chi connectivity index (χ0) is 9.26. The van der Waals surface area contributed by atoms with Crippen LogP contribution in [0.5, 0.6) is 0 Å². The van der Waals surface area contributed by atoms with Gasteiger partial charge in [-0.15, -0.1) is 11.3 Å². The Kier molecular flexibility index (Phi) is 2.28. The topological polar surface area (TPSA) is 51.8 Å². The van der Waals surface area contributed by atoms with Crippen LogP contribution in [0.15, 0.2) is 28.4 Å². The Hall–Kier alpha value is -0.940. The van der Waals surface area contributed by atoms with Crippen LogP contribution in [0.2, 0.25) is 0 Å². The van der Waals surface area contributed by atoms with E-state index >= 15 is 0 Å². The molecule has 0 unspecified atom stereocenters. The van der Waals surface area contributed by atoms with E-state index in [2.05, 4.69) is 25.9 Å². The summed E-state index contributed by atoms with van der Waals surface area (Å²) in [5.41, 5.74) is 9.04. The predicted molar refractivity (Wildman–Crippen MR) is 57.5 cm³/mol. The van der Waals surface area contributed by atoms with Crippen molar-refractivity contribution in [3.8, 4) is 10.6 Å². The summed E-state index contributed by atoms with van der Waals surface area (Å²) < 4.78 is 0.833. The second-order valence-corrected chi connectivity index (χ2v) is 4.11. The van der Waals surface area contributed by atoms with Crippen molar-refractivity contribution in [2.75, 3.05) is 5.73 Å². The number of thiazole rings is 1. The molecule has 0 aliphatic rings. The quantitative estimate of drug-likeness (QED) is 0.853. The van der Waals surface area contributed by atoms with Gasteiger partial charge in [0, 0.05) is 18.1 Å². The van der Waals surface area contributed by atoms with Crippen LogP contribution >= 0.6 is 27.3 Å². The number of pyridine rings is 1. The van der Waals surface area contributed by atoms with Crippen molar-refractivity contribution in [3.63, 3.8) is 0 Å². The highest BCUT2D eigenvalue weighted by Gasteiger charge is 2.07. The minimum absolute atomic E-state index is 0.693. The van der Waals surface area contributed by atoms with Gasteiger partial charge in [0.1, 0.15) is 0 Å². The molecule has 0 saturated carbocycles. The van der Waals surface area contributed by atoms with Gasteiger partial charge in [0.15, 0.2) is 0 Å². The molecule has 0 bridgehead atoms. The molecule has 2 aromatic rings. The second kappa shape index (κ2) is 3.43. The van der Waals surface area contributed by atoms with E-state index in [9.17, 15) is 0 Å². The monoisotopic (exact) mass is 255 g/mol. The van der Waals surface area contributed by atoms with Crippen LogP contribution in [0.4, 0.5) is 5.69 Å². The highest BCUT2D eigenvalue weighted by Crippen LogP contribution is 2.31. The Labute approximate surface area is 87.8 Å². The SMILES string of the molecule is Nc1ccnc(-c2cncs2)c1Br. The average molecular weight is 256 g/mol. The number of anilines is 1. The average Bonchev–Trinajstić information content (AvgIpc) is 2.62. The third kappa shape index (κ3) is 1.57. The first-order valence-corrected chi connectivity index (χ1v) is 5.25. The normalized spacial score (nSPS) is 10.2. The maximum Gasteiger partial charge on any atom is 0.0980 e. The van der Waals surface area contributed by atoms with Gasteiger partial charge in [-0.2, -0.15) is 0 Å². The van der Waals surface area contributed by atoms with E-state index < -0.39 is 0 Å². The first-order chi connectivity index (χ1) is 6.29. The molecule has 3 nitrogen and oxygen atoms in total. The third-order valence-corrected chi connectivity index (χ3v) is 3.20. The van der Waals surface area contributed by atoms with Crippen LogP contribution in [0, 0.1) is 0 Å². The third-order valence-electron chi connectivity index (χ3n) is 1.58. The van der Waals surface area contributed by atoms with Crippen molar-refractivity contribution in [1.29, 1.82) is 0 Å². The van der Waals surface area contributed by atoms with Crippen LogP contribution in [0.1, 0.15) is 0 Å². The Bertz CT molecular complexity index is 413. The fourth-order valence-corrected chi connectivity index (χ4v) is 2.17. The molecule has 0 radical (unpaired) electrons. The maximum atomic E-state index is 5.72. The summed E-state index contributed by atoms with van der Waals surface area (Å²) in [6, 6.07) is 1.76. The number of nitrogens with zero attached hydrogens (tertiary/aromatic N) is 2. The lowest BCUT2D eigenvalue weighted by Gasteiger charge is -2.01. The van der Waals surface area contributed by atoms with E-state index in [0.29, 0.717) is 5.69 Å². The van der Waals surface area contributed by atoms with Gasteiger partial charge in [0.25, 0.3) is 0 Å². The standard InChI is InChI=1S/C8H6BrN3S/c9-7-5(10)1-2-12-8(7)6-3-11-4-13-6/h1-4H,(H2,10,12). The molecule has 0 amide bonds.